The van der Waals surface area contributed by atoms with E-state index >= 15 is 0 Å². The molecule has 0 heterocycles. The molecule has 0 aromatic heterocycles. The summed E-state index contributed by atoms with van der Waals surface area (Å²) in [6.07, 6.45) is 1.60. The van der Waals surface area contributed by atoms with Gasteiger partial charge in [0.15, 0.2) is 0 Å². The minimum absolute atomic E-state index is 0.0444. The maximum absolute atomic E-state index is 13.6. The van der Waals surface area contributed by atoms with Gasteiger partial charge in [0, 0.05) is 12.0 Å². The fourth-order valence-electron chi connectivity index (χ4n) is 1.51. The van der Waals surface area contributed by atoms with Crippen LogP contribution in [0.25, 0.3) is 0 Å². The molecule has 1 aromatic rings. The molecule has 0 saturated heterocycles. The van der Waals surface area contributed by atoms with Crippen LogP contribution in [0.3, 0.4) is 0 Å². The summed E-state index contributed by atoms with van der Waals surface area (Å²) in [6.45, 7) is 0. The van der Waals surface area contributed by atoms with Gasteiger partial charge < -0.3 is 15.2 Å². The summed E-state index contributed by atoms with van der Waals surface area (Å²) < 4.78 is 17.9. The lowest BCUT2D eigenvalue weighted by atomic mass is 10.1. The molecule has 5 nitrogen and oxygen atoms in total. The van der Waals surface area contributed by atoms with Crippen LogP contribution in [-0.2, 0) is 9.53 Å². The van der Waals surface area contributed by atoms with E-state index in [1.165, 1.54) is 0 Å². The molecule has 1 aliphatic rings. The fraction of sp³-hybridized carbons (Fsp3) is 0.333. The van der Waals surface area contributed by atoms with Crippen molar-refractivity contribution < 1.29 is 23.8 Å². The second-order valence-corrected chi connectivity index (χ2v) is 4.10. The van der Waals surface area contributed by atoms with E-state index in [2.05, 4.69) is 10.1 Å². The van der Waals surface area contributed by atoms with Crippen molar-refractivity contribution in [2.45, 2.75) is 12.8 Å². The summed E-state index contributed by atoms with van der Waals surface area (Å²) in [7, 11) is 1.11. The molecule has 1 aromatic carbocycles. The fourth-order valence-corrected chi connectivity index (χ4v) is 1.51. The van der Waals surface area contributed by atoms with Gasteiger partial charge >= 0.3 is 5.97 Å². The number of benzene rings is 1. The number of anilines is 1. The molecule has 0 unspecified atom stereocenters. The highest BCUT2D eigenvalue weighted by atomic mass is 19.1. The average Bonchev–Trinajstić information content (AvgIpc) is 3.16. The first-order valence-corrected chi connectivity index (χ1v) is 5.44. The van der Waals surface area contributed by atoms with Gasteiger partial charge in [-0.3, -0.25) is 4.79 Å². The van der Waals surface area contributed by atoms with Crippen LogP contribution in [0.2, 0.25) is 0 Å². The molecule has 1 amide bonds. The zero-order chi connectivity index (χ0) is 13.3. The molecular weight excluding hydrogens is 241 g/mol. The van der Waals surface area contributed by atoms with Crippen molar-refractivity contribution in [2.75, 3.05) is 12.4 Å². The van der Waals surface area contributed by atoms with Gasteiger partial charge in [-0.25, -0.2) is 9.18 Å². The average molecular weight is 253 g/mol. The minimum atomic E-state index is -0.886. The van der Waals surface area contributed by atoms with E-state index in [4.69, 9.17) is 0 Å². The smallest absolute Gasteiger partial charge is 0.340 e. The van der Waals surface area contributed by atoms with Crippen LogP contribution < -0.4 is 5.32 Å². The number of phenols is 1. The Balaban J connectivity index is 2.24. The SMILES string of the molecule is COC(=O)c1cc(O)c(NC(=O)C2CC2)cc1F. The minimum Gasteiger partial charge on any atom is -0.506 e. The normalized spacial score (nSPS) is 14.1. The maximum Gasteiger partial charge on any atom is 0.340 e. The van der Waals surface area contributed by atoms with Crippen molar-refractivity contribution in [3.8, 4) is 5.75 Å². The molecule has 0 radical (unpaired) electrons. The number of hydrogen-bond donors (Lipinski definition) is 2. The molecule has 96 valence electrons. The van der Waals surface area contributed by atoms with E-state index < -0.39 is 11.8 Å². The second kappa shape index (κ2) is 4.64. The van der Waals surface area contributed by atoms with E-state index in [0.717, 1.165) is 32.1 Å². The van der Waals surface area contributed by atoms with Gasteiger partial charge in [0.1, 0.15) is 11.6 Å². The Hall–Kier alpha value is -2.11. The van der Waals surface area contributed by atoms with E-state index in [-0.39, 0.29) is 28.8 Å². The van der Waals surface area contributed by atoms with Gasteiger partial charge in [-0.15, -0.1) is 0 Å². The molecule has 6 heteroatoms. The van der Waals surface area contributed by atoms with Crippen LogP contribution in [0.4, 0.5) is 10.1 Å². The molecule has 0 spiro atoms. The quantitative estimate of drug-likeness (QED) is 0.634. The first-order chi connectivity index (χ1) is 8.52. The Morgan fingerprint density at radius 2 is 2.11 bits per heavy atom. The largest absolute Gasteiger partial charge is 0.506 e. The molecular formula is C12H12FNO4. The number of ether oxygens (including phenoxy) is 1. The number of halogens is 1. The van der Waals surface area contributed by atoms with E-state index in [9.17, 15) is 19.1 Å². The predicted molar refractivity (Wildman–Crippen MR) is 60.8 cm³/mol. The molecule has 1 saturated carbocycles. The first-order valence-electron chi connectivity index (χ1n) is 5.44. The van der Waals surface area contributed by atoms with Gasteiger partial charge in [-0.1, -0.05) is 0 Å². The van der Waals surface area contributed by atoms with Crippen molar-refractivity contribution >= 4 is 17.6 Å². The topological polar surface area (TPSA) is 75.6 Å². The van der Waals surface area contributed by atoms with Crippen LogP contribution in [0.5, 0.6) is 5.75 Å². The van der Waals surface area contributed by atoms with Crippen LogP contribution in [0.1, 0.15) is 23.2 Å². The Morgan fingerprint density at radius 1 is 1.44 bits per heavy atom. The number of methoxy groups -OCH3 is 1. The van der Waals surface area contributed by atoms with Crippen molar-refractivity contribution in [3.63, 3.8) is 0 Å². The third kappa shape index (κ3) is 2.42. The van der Waals surface area contributed by atoms with Crippen LogP contribution in [-0.4, -0.2) is 24.1 Å². The Morgan fingerprint density at radius 3 is 2.67 bits per heavy atom. The number of esters is 1. The van der Waals surface area contributed by atoms with Crippen LogP contribution in [0.15, 0.2) is 12.1 Å². The van der Waals surface area contributed by atoms with Crippen molar-refractivity contribution in [1.29, 1.82) is 0 Å². The van der Waals surface area contributed by atoms with Gasteiger partial charge in [-0.05, 0) is 18.9 Å². The van der Waals surface area contributed by atoms with E-state index in [0.29, 0.717) is 0 Å². The summed E-state index contributed by atoms with van der Waals surface area (Å²) in [4.78, 5) is 22.7. The monoisotopic (exact) mass is 253 g/mol. The molecule has 1 fully saturated rings. The highest BCUT2D eigenvalue weighted by Gasteiger charge is 2.30. The molecule has 1 aliphatic carbocycles. The van der Waals surface area contributed by atoms with Gasteiger partial charge in [0.05, 0.1) is 18.4 Å². The van der Waals surface area contributed by atoms with Crippen LogP contribution >= 0.6 is 0 Å². The number of amides is 1. The number of nitrogens with one attached hydrogen (secondary N) is 1. The molecule has 2 N–H and O–H groups in total. The number of carbonyl (C=O) groups is 2. The van der Waals surface area contributed by atoms with Gasteiger partial charge in [0.2, 0.25) is 5.91 Å². The molecule has 2 rings (SSSR count). The first kappa shape index (κ1) is 12.3. The molecule has 0 bridgehead atoms. The summed E-state index contributed by atoms with van der Waals surface area (Å²) in [5, 5.41) is 12.0. The maximum atomic E-state index is 13.6. The molecule has 18 heavy (non-hydrogen) atoms. The number of hydrogen-bond acceptors (Lipinski definition) is 4. The third-order valence-electron chi connectivity index (χ3n) is 2.70. The lowest BCUT2D eigenvalue weighted by molar-refractivity contribution is -0.117. The highest BCUT2D eigenvalue weighted by Crippen LogP contribution is 2.33. The van der Waals surface area contributed by atoms with E-state index in [1.54, 1.807) is 0 Å². The zero-order valence-electron chi connectivity index (χ0n) is 9.70. The van der Waals surface area contributed by atoms with Crippen LogP contribution in [0, 0.1) is 11.7 Å². The summed E-state index contributed by atoms with van der Waals surface area (Å²) in [6, 6.07) is 1.84. The Labute approximate surface area is 103 Å². The lowest BCUT2D eigenvalue weighted by Gasteiger charge is -2.09. The molecule has 0 aliphatic heterocycles. The molecule has 0 atom stereocenters. The van der Waals surface area contributed by atoms with Crippen molar-refractivity contribution in [2.24, 2.45) is 5.92 Å². The second-order valence-electron chi connectivity index (χ2n) is 4.10. The standard InChI is InChI=1S/C12H12FNO4/c1-18-12(17)7-4-10(15)9(5-8(7)13)14-11(16)6-2-3-6/h4-6,15H,2-3H2,1H3,(H,14,16). The summed E-state index contributed by atoms with van der Waals surface area (Å²) >= 11 is 0. The van der Waals surface area contributed by atoms with Gasteiger partial charge in [-0.2, -0.15) is 0 Å². The third-order valence-corrected chi connectivity index (χ3v) is 2.70. The summed E-state index contributed by atoms with van der Waals surface area (Å²) in [5.41, 5.74) is -0.420. The Bertz CT molecular complexity index is 511. The lowest BCUT2D eigenvalue weighted by Crippen LogP contribution is -2.14. The Kier molecular flexibility index (Phi) is 3.18. The predicted octanol–water partition coefficient (Wildman–Crippen LogP) is 1.67. The summed E-state index contributed by atoms with van der Waals surface area (Å²) in [5.74, 6) is -2.43. The van der Waals surface area contributed by atoms with Gasteiger partial charge in [0.25, 0.3) is 0 Å². The number of phenolic OH excluding ortho intramolecular Hbond substituents is 1. The van der Waals surface area contributed by atoms with Crippen molar-refractivity contribution in [1.82, 2.24) is 0 Å². The number of carbonyl (C=O) groups excluding carboxylic acids is 2. The number of aromatic hydroxyl groups is 1. The van der Waals surface area contributed by atoms with Crippen molar-refractivity contribution in [3.05, 3.63) is 23.5 Å². The zero-order valence-corrected chi connectivity index (χ0v) is 9.70. The van der Waals surface area contributed by atoms with E-state index in [1.807, 2.05) is 0 Å². The number of rotatable bonds is 3. The highest BCUT2D eigenvalue weighted by molar-refractivity contribution is 5.97.